The number of halogens is 1. The predicted molar refractivity (Wildman–Crippen MR) is 73.4 cm³/mol. The lowest BCUT2D eigenvalue weighted by Gasteiger charge is -2.18. The number of rotatable bonds is 1. The van der Waals surface area contributed by atoms with E-state index < -0.39 is 0 Å². The molecule has 0 radical (unpaired) electrons. The van der Waals surface area contributed by atoms with E-state index in [-0.39, 0.29) is 16.9 Å². The number of aryl methyl sites for hydroxylation is 1. The van der Waals surface area contributed by atoms with Gasteiger partial charge in [-0.15, -0.1) is 0 Å². The minimum absolute atomic E-state index is 0.0334. The molecular formula is C14H14ClN3O. The van der Waals surface area contributed by atoms with Crippen LogP contribution in [-0.4, -0.2) is 14.5 Å². The molecule has 2 aliphatic carbocycles. The Morgan fingerprint density at radius 3 is 2.79 bits per heavy atom. The van der Waals surface area contributed by atoms with Crippen molar-refractivity contribution in [2.45, 2.75) is 32.2 Å². The van der Waals surface area contributed by atoms with Gasteiger partial charge in [0.15, 0.2) is 0 Å². The molecule has 2 heterocycles. The van der Waals surface area contributed by atoms with Crippen LogP contribution in [0.2, 0.25) is 5.28 Å². The van der Waals surface area contributed by atoms with Crippen LogP contribution >= 0.6 is 11.6 Å². The van der Waals surface area contributed by atoms with E-state index in [2.05, 4.69) is 9.97 Å². The van der Waals surface area contributed by atoms with E-state index in [1.165, 1.54) is 6.42 Å². The molecule has 5 heteroatoms. The van der Waals surface area contributed by atoms with Crippen molar-refractivity contribution in [3.63, 3.8) is 0 Å². The molecule has 0 N–H and O–H groups in total. The lowest BCUT2D eigenvalue weighted by Crippen LogP contribution is -2.25. The summed E-state index contributed by atoms with van der Waals surface area (Å²) in [4.78, 5) is 20.7. The SMILES string of the molecule is Cc1cc(=O)n(C2CC3CC3C2)c2nc(Cl)ncc12. The van der Waals surface area contributed by atoms with Crippen LogP contribution in [0.4, 0.5) is 0 Å². The second-order valence-electron chi connectivity index (χ2n) is 5.79. The smallest absolute Gasteiger partial charge is 0.252 e. The second kappa shape index (κ2) is 3.79. The Labute approximate surface area is 115 Å². The minimum Gasteiger partial charge on any atom is -0.289 e. The molecule has 0 amide bonds. The van der Waals surface area contributed by atoms with Gasteiger partial charge in [-0.3, -0.25) is 9.36 Å². The number of hydrogen-bond acceptors (Lipinski definition) is 3. The van der Waals surface area contributed by atoms with Crippen LogP contribution in [0, 0.1) is 18.8 Å². The number of hydrogen-bond donors (Lipinski definition) is 0. The lowest BCUT2D eigenvalue weighted by atomic mass is 10.1. The van der Waals surface area contributed by atoms with Crippen molar-refractivity contribution in [3.8, 4) is 0 Å². The number of fused-ring (bicyclic) bond motifs is 2. The van der Waals surface area contributed by atoms with E-state index in [1.807, 2.05) is 11.5 Å². The number of pyridine rings is 1. The third kappa shape index (κ3) is 1.70. The van der Waals surface area contributed by atoms with Crippen LogP contribution in [0.5, 0.6) is 0 Å². The molecule has 0 saturated heterocycles. The van der Waals surface area contributed by atoms with Crippen molar-refractivity contribution in [1.29, 1.82) is 0 Å². The Hall–Kier alpha value is -1.42. The largest absolute Gasteiger partial charge is 0.289 e. The highest BCUT2D eigenvalue weighted by Crippen LogP contribution is 2.55. The van der Waals surface area contributed by atoms with Crippen molar-refractivity contribution in [2.75, 3.05) is 0 Å². The molecule has 2 fully saturated rings. The van der Waals surface area contributed by atoms with Gasteiger partial charge in [0.05, 0.1) is 0 Å². The first kappa shape index (κ1) is 11.4. The Kier molecular flexibility index (Phi) is 2.28. The zero-order valence-corrected chi connectivity index (χ0v) is 11.4. The molecule has 2 saturated carbocycles. The number of nitrogens with zero attached hydrogens (tertiary/aromatic N) is 3. The molecule has 98 valence electrons. The molecule has 2 aromatic rings. The highest BCUT2D eigenvalue weighted by molar-refractivity contribution is 6.28. The quantitative estimate of drug-likeness (QED) is 0.752. The first-order valence-corrected chi connectivity index (χ1v) is 7.05. The van der Waals surface area contributed by atoms with Crippen molar-refractivity contribution in [3.05, 3.63) is 33.5 Å². The van der Waals surface area contributed by atoms with Gasteiger partial charge in [-0.1, -0.05) is 0 Å². The van der Waals surface area contributed by atoms with E-state index in [0.29, 0.717) is 5.65 Å². The van der Waals surface area contributed by atoms with E-state index in [0.717, 1.165) is 35.6 Å². The summed E-state index contributed by atoms with van der Waals surface area (Å²) in [7, 11) is 0. The summed E-state index contributed by atoms with van der Waals surface area (Å²) in [6.45, 7) is 1.91. The van der Waals surface area contributed by atoms with Crippen LogP contribution in [0.25, 0.3) is 11.0 Å². The van der Waals surface area contributed by atoms with Crippen LogP contribution in [-0.2, 0) is 0 Å². The molecular weight excluding hydrogens is 262 g/mol. The van der Waals surface area contributed by atoms with Gasteiger partial charge in [0.2, 0.25) is 5.28 Å². The molecule has 2 aromatic heterocycles. The van der Waals surface area contributed by atoms with E-state index >= 15 is 0 Å². The first-order valence-electron chi connectivity index (χ1n) is 6.68. The third-order valence-electron chi connectivity index (χ3n) is 4.55. The summed E-state index contributed by atoms with van der Waals surface area (Å²) in [5.74, 6) is 1.65. The van der Waals surface area contributed by atoms with Gasteiger partial charge in [0.25, 0.3) is 5.56 Å². The normalized spacial score (nSPS) is 28.6. The van der Waals surface area contributed by atoms with Crippen LogP contribution in [0.15, 0.2) is 17.1 Å². The predicted octanol–water partition coefficient (Wildman–Crippen LogP) is 2.72. The highest BCUT2D eigenvalue weighted by Gasteiger charge is 2.46. The van der Waals surface area contributed by atoms with E-state index in [4.69, 9.17) is 11.6 Å². The topological polar surface area (TPSA) is 47.8 Å². The van der Waals surface area contributed by atoms with E-state index in [1.54, 1.807) is 12.3 Å². The molecule has 4 rings (SSSR count). The van der Waals surface area contributed by atoms with Gasteiger partial charge in [-0.05, 0) is 55.2 Å². The van der Waals surface area contributed by atoms with Crippen molar-refractivity contribution in [2.24, 2.45) is 11.8 Å². The molecule has 2 atom stereocenters. The van der Waals surface area contributed by atoms with Crippen molar-refractivity contribution >= 4 is 22.6 Å². The summed E-state index contributed by atoms with van der Waals surface area (Å²) in [5.41, 5.74) is 1.64. The summed E-state index contributed by atoms with van der Waals surface area (Å²) < 4.78 is 1.84. The van der Waals surface area contributed by atoms with Crippen LogP contribution in [0.3, 0.4) is 0 Å². The maximum Gasteiger partial charge on any atom is 0.252 e. The standard InChI is InChI=1S/C14H14ClN3O/c1-7-2-12(19)18(10-4-8-3-9(8)5-10)13-11(7)6-16-14(15)17-13/h2,6,8-10H,3-5H2,1H3. The zero-order chi connectivity index (χ0) is 13.1. The maximum absolute atomic E-state index is 12.3. The fourth-order valence-corrected chi connectivity index (χ4v) is 3.63. The Morgan fingerprint density at radius 2 is 2.05 bits per heavy atom. The Bertz CT molecular complexity index is 729. The molecule has 0 bridgehead atoms. The number of aromatic nitrogens is 3. The Balaban J connectivity index is 1.97. The molecule has 19 heavy (non-hydrogen) atoms. The summed E-state index contributed by atoms with van der Waals surface area (Å²) in [5, 5.41) is 1.12. The Morgan fingerprint density at radius 1 is 1.32 bits per heavy atom. The van der Waals surface area contributed by atoms with Gasteiger partial charge < -0.3 is 0 Å². The zero-order valence-electron chi connectivity index (χ0n) is 10.6. The second-order valence-corrected chi connectivity index (χ2v) is 6.13. The van der Waals surface area contributed by atoms with Gasteiger partial charge >= 0.3 is 0 Å². The third-order valence-corrected chi connectivity index (χ3v) is 4.74. The van der Waals surface area contributed by atoms with Gasteiger partial charge in [-0.2, -0.15) is 4.98 Å². The van der Waals surface area contributed by atoms with Gasteiger partial charge in [0, 0.05) is 23.7 Å². The van der Waals surface area contributed by atoms with Crippen molar-refractivity contribution < 1.29 is 0 Å². The van der Waals surface area contributed by atoms with Crippen molar-refractivity contribution in [1.82, 2.24) is 14.5 Å². The lowest BCUT2D eigenvalue weighted by molar-refractivity contribution is 0.466. The molecule has 2 aliphatic rings. The molecule has 2 unspecified atom stereocenters. The van der Waals surface area contributed by atoms with Gasteiger partial charge in [-0.25, -0.2) is 4.98 Å². The minimum atomic E-state index is 0.0334. The fraction of sp³-hybridized carbons (Fsp3) is 0.500. The first-order chi connectivity index (χ1) is 9.13. The monoisotopic (exact) mass is 275 g/mol. The van der Waals surface area contributed by atoms with E-state index in [9.17, 15) is 4.79 Å². The summed E-state index contributed by atoms with van der Waals surface area (Å²) in [6.07, 6.45) is 5.26. The average Bonchev–Trinajstić information content (AvgIpc) is 2.96. The summed E-state index contributed by atoms with van der Waals surface area (Å²) >= 11 is 5.90. The average molecular weight is 276 g/mol. The summed E-state index contributed by atoms with van der Waals surface area (Å²) in [6, 6.07) is 1.97. The highest BCUT2D eigenvalue weighted by atomic mass is 35.5. The van der Waals surface area contributed by atoms with Crippen LogP contribution in [0.1, 0.15) is 30.9 Å². The molecule has 0 aromatic carbocycles. The van der Waals surface area contributed by atoms with Gasteiger partial charge in [0.1, 0.15) is 5.65 Å². The van der Waals surface area contributed by atoms with Crippen LogP contribution < -0.4 is 5.56 Å². The molecule has 0 aliphatic heterocycles. The molecule has 4 nitrogen and oxygen atoms in total. The molecule has 0 spiro atoms. The fourth-order valence-electron chi connectivity index (χ4n) is 3.50. The maximum atomic E-state index is 12.3.